The van der Waals surface area contributed by atoms with Crippen LogP contribution in [-0.2, 0) is 0 Å². The second-order valence-electron chi connectivity index (χ2n) is 7.26. The van der Waals surface area contributed by atoms with Crippen LogP contribution in [0.15, 0.2) is 83.4 Å². The lowest BCUT2D eigenvalue weighted by molar-refractivity contribution is 0.655. The van der Waals surface area contributed by atoms with Crippen molar-refractivity contribution in [1.82, 2.24) is 9.97 Å². The van der Waals surface area contributed by atoms with Crippen molar-refractivity contribution < 1.29 is 5.79 Å². The van der Waals surface area contributed by atoms with Gasteiger partial charge in [-0.15, -0.1) is 0 Å². The van der Waals surface area contributed by atoms with Crippen LogP contribution < -0.4 is 0 Å². The zero-order chi connectivity index (χ0) is 20.7. The fourth-order valence-electron chi connectivity index (χ4n) is 3.70. The zero-order valence-electron chi connectivity index (χ0n) is 17.5. The van der Waals surface area contributed by atoms with E-state index in [0.29, 0.717) is 5.71 Å². The SMILES string of the molecule is [2H]C(C)(CC)c1ccnc(-c2cccc3c2oc2nc(-c4ccccc4)ccc23)c1. The Hall–Kier alpha value is -3.46. The number of rotatable bonds is 4. The van der Waals surface area contributed by atoms with Crippen molar-refractivity contribution in [3.05, 3.63) is 84.6 Å². The fraction of sp³-hybridized carbons (Fsp3) is 0.154. The normalized spacial score (nSPS) is 14.1. The van der Waals surface area contributed by atoms with E-state index in [9.17, 15) is 0 Å². The lowest BCUT2D eigenvalue weighted by atomic mass is 9.97. The number of hydrogen-bond donors (Lipinski definition) is 0. The summed E-state index contributed by atoms with van der Waals surface area (Å²) in [7, 11) is 0. The third kappa shape index (κ3) is 3.09. The molecule has 142 valence electrons. The summed E-state index contributed by atoms with van der Waals surface area (Å²) >= 11 is 0. The first-order valence-electron chi connectivity index (χ1n) is 10.4. The molecule has 1 unspecified atom stereocenters. The summed E-state index contributed by atoms with van der Waals surface area (Å²) in [4.78, 5) is 9.35. The lowest BCUT2D eigenvalue weighted by Crippen LogP contribution is -1.93. The van der Waals surface area contributed by atoms with Gasteiger partial charge in [-0.2, -0.15) is 0 Å². The molecule has 1 atom stereocenters. The Morgan fingerprint density at radius 2 is 1.79 bits per heavy atom. The van der Waals surface area contributed by atoms with Crippen LogP contribution in [0, 0.1) is 0 Å². The van der Waals surface area contributed by atoms with E-state index in [4.69, 9.17) is 10.8 Å². The molecule has 5 aromatic rings. The summed E-state index contributed by atoms with van der Waals surface area (Å²) in [5.74, 6) is -0.647. The number of fused-ring (bicyclic) bond motifs is 3. The van der Waals surface area contributed by atoms with Gasteiger partial charge in [-0.05, 0) is 48.2 Å². The van der Waals surface area contributed by atoms with Gasteiger partial charge in [0.15, 0.2) is 0 Å². The van der Waals surface area contributed by atoms with Crippen molar-refractivity contribution in [3.63, 3.8) is 0 Å². The van der Waals surface area contributed by atoms with Crippen LogP contribution in [0.3, 0.4) is 0 Å². The molecule has 0 saturated heterocycles. The van der Waals surface area contributed by atoms with Gasteiger partial charge in [-0.3, -0.25) is 4.98 Å². The third-order valence-electron chi connectivity index (χ3n) is 5.49. The van der Waals surface area contributed by atoms with Crippen LogP contribution in [0.2, 0.25) is 0 Å². The van der Waals surface area contributed by atoms with Crippen LogP contribution in [0.4, 0.5) is 0 Å². The van der Waals surface area contributed by atoms with Crippen LogP contribution >= 0.6 is 0 Å². The van der Waals surface area contributed by atoms with E-state index in [1.807, 2.05) is 74.5 Å². The van der Waals surface area contributed by atoms with Gasteiger partial charge < -0.3 is 4.42 Å². The molecule has 29 heavy (non-hydrogen) atoms. The standard InChI is InChI=1S/C26H22N2O/c1-3-17(2)19-14-15-27-24(16-19)22-11-7-10-20-21-12-13-23(18-8-5-4-6-9-18)28-26(21)29-25(20)22/h4-17H,3H2,1-2H3/i17D. The second kappa shape index (κ2) is 7.17. The summed E-state index contributed by atoms with van der Waals surface area (Å²) in [5.41, 5.74) is 6.02. The van der Waals surface area contributed by atoms with Crippen molar-refractivity contribution in [2.75, 3.05) is 0 Å². The van der Waals surface area contributed by atoms with Gasteiger partial charge in [-0.1, -0.05) is 56.3 Å². The van der Waals surface area contributed by atoms with Crippen molar-refractivity contribution >= 4 is 22.1 Å². The Labute approximate surface area is 171 Å². The second-order valence-corrected chi connectivity index (χ2v) is 7.26. The number of furan rings is 1. The molecule has 0 saturated carbocycles. The number of nitrogens with zero attached hydrogens (tertiary/aromatic N) is 2. The van der Waals surface area contributed by atoms with Crippen molar-refractivity contribution in [3.8, 4) is 22.5 Å². The molecular weight excluding hydrogens is 356 g/mol. The maximum absolute atomic E-state index is 8.57. The summed E-state index contributed by atoms with van der Waals surface area (Å²) < 4.78 is 14.8. The highest BCUT2D eigenvalue weighted by atomic mass is 16.3. The quantitative estimate of drug-likeness (QED) is 0.331. The maximum Gasteiger partial charge on any atom is 0.227 e. The maximum atomic E-state index is 8.57. The first-order chi connectivity index (χ1) is 14.6. The molecule has 2 aromatic carbocycles. The van der Waals surface area contributed by atoms with Crippen LogP contribution in [0.1, 0.15) is 33.1 Å². The smallest absolute Gasteiger partial charge is 0.227 e. The summed E-state index contributed by atoms with van der Waals surface area (Å²) in [6.07, 6.45) is 2.51. The highest BCUT2D eigenvalue weighted by molar-refractivity contribution is 6.08. The predicted molar refractivity (Wildman–Crippen MR) is 119 cm³/mol. The molecule has 0 amide bonds. The molecule has 0 bridgehead atoms. The molecule has 0 spiro atoms. The minimum atomic E-state index is -0.647. The van der Waals surface area contributed by atoms with Crippen molar-refractivity contribution in [2.45, 2.75) is 26.2 Å². The first kappa shape index (κ1) is 16.5. The van der Waals surface area contributed by atoms with Crippen molar-refractivity contribution in [1.29, 1.82) is 0 Å². The molecule has 3 nitrogen and oxygen atoms in total. The molecule has 3 heteroatoms. The summed E-state index contributed by atoms with van der Waals surface area (Å²) in [5, 5.41) is 2.01. The van der Waals surface area contributed by atoms with Crippen LogP contribution in [0.25, 0.3) is 44.6 Å². The van der Waals surface area contributed by atoms with Crippen LogP contribution in [0.5, 0.6) is 0 Å². The average molecular weight is 379 g/mol. The van der Waals surface area contributed by atoms with Gasteiger partial charge in [0.1, 0.15) is 5.58 Å². The Morgan fingerprint density at radius 1 is 0.931 bits per heavy atom. The van der Waals surface area contributed by atoms with Crippen molar-refractivity contribution in [2.24, 2.45) is 0 Å². The lowest BCUT2D eigenvalue weighted by Gasteiger charge is -2.10. The Kier molecular flexibility index (Phi) is 4.08. The molecule has 0 aliphatic carbocycles. The van der Waals surface area contributed by atoms with Gasteiger partial charge in [-0.25, -0.2) is 4.98 Å². The zero-order valence-corrected chi connectivity index (χ0v) is 16.5. The van der Waals surface area contributed by atoms with Gasteiger partial charge >= 0.3 is 0 Å². The molecule has 0 fully saturated rings. The van der Waals surface area contributed by atoms with Crippen LogP contribution in [-0.4, -0.2) is 9.97 Å². The molecule has 0 N–H and O–H groups in total. The molecule has 3 heterocycles. The minimum Gasteiger partial charge on any atom is -0.437 e. The molecule has 5 rings (SSSR count). The molecule has 0 aliphatic heterocycles. The number of aromatic nitrogens is 2. The molecule has 3 aromatic heterocycles. The molecule has 0 radical (unpaired) electrons. The average Bonchev–Trinajstić information content (AvgIpc) is 3.17. The highest BCUT2D eigenvalue weighted by Gasteiger charge is 2.15. The van der Waals surface area contributed by atoms with E-state index < -0.39 is 5.89 Å². The Bertz CT molecular complexity index is 1360. The van der Waals surface area contributed by atoms with Gasteiger partial charge in [0.25, 0.3) is 0 Å². The highest BCUT2D eigenvalue weighted by Crippen LogP contribution is 2.36. The van der Waals surface area contributed by atoms with E-state index in [2.05, 4.69) is 17.1 Å². The topological polar surface area (TPSA) is 38.9 Å². The van der Waals surface area contributed by atoms with E-state index >= 15 is 0 Å². The Balaban J connectivity index is 1.68. The summed E-state index contributed by atoms with van der Waals surface area (Å²) in [6.45, 7) is 3.96. The van der Waals surface area contributed by atoms with E-state index in [1.165, 1.54) is 0 Å². The van der Waals surface area contributed by atoms with E-state index in [-0.39, 0.29) is 0 Å². The fourth-order valence-corrected chi connectivity index (χ4v) is 3.70. The van der Waals surface area contributed by atoms with Gasteiger partial charge in [0.05, 0.1) is 11.4 Å². The molecule has 0 aliphatic rings. The monoisotopic (exact) mass is 379 g/mol. The number of benzene rings is 2. The first-order valence-corrected chi connectivity index (χ1v) is 9.91. The number of para-hydroxylation sites is 1. The number of hydrogen-bond acceptors (Lipinski definition) is 3. The predicted octanol–water partition coefficient (Wildman–Crippen LogP) is 7.22. The third-order valence-corrected chi connectivity index (χ3v) is 5.49. The van der Waals surface area contributed by atoms with Gasteiger partial charge in [0.2, 0.25) is 5.71 Å². The summed E-state index contributed by atoms with van der Waals surface area (Å²) in [6, 6.07) is 24.2. The number of pyridine rings is 2. The van der Waals surface area contributed by atoms with E-state index in [0.717, 1.165) is 50.9 Å². The Morgan fingerprint density at radius 3 is 2.62 bits per heavy atom. The van der Waals surface area contributed by atoms with E-state index in [1.54, 1.807) is 6.20 Å². The van der Waals surface area contributed by atoms with Gasteiger partial charge in [0, 0.05) is 29.5 Å². The minimum absolute atomic E-state index is 0.619. The largest absolute Gasteiger partial charge is 0.437 e. The molecular formula is C26H22N2O.